The van der Waals surface area contributed by atoms with E-state index in [0.717, 1.165) is 0 Å². The van der Waals surface area contributed by atoms with Crippen LogP contribution < -0.4 is 20.5 Å². The van der Waals surface area contributed by atoms with E-state index in [4.69, 9.17) is 27.4 Å². The number of nitrogens with one attached hydrogen (secondary N) is 1. The average Bonchev–Trinajstić information content (AvgIpc) is 2.53. The van der Waals surface area contributed by atoms with Gasteiger partial charge in [0, 0.05) is 16.8 Å². The number of benzene rings is 2. The lowest BCUT2D eigenvalue weighted by Crippen LogP contribution is -2.19. The van der Waals surface area contributed by atoms with Crippen LogP contribution >= 0.6 is 12.2 Å². The van der Waals surface area contributed by atoms with Gasteiger partial charge in [-0.1, -0.05) is 12.1 Å². The largest absolute Gasteiger partial charge is 0.486 e. The second-order valence-electron chi connectivity index (χ2n) is 4.76. The minimum atomic E-state index is -0.108. The normalized spacial score (nSPS) is 12.5. The second kappa shape index (κ2) is 6.03. The monoisotopic (exact) mass is 314 g/mol. The number of hydrogen-bond donors (Lipinski definition) is 2. The molecule has 0 fully saturated rings. The third-order valence-corrected chi connectivity index (χ3v) is 3.30. The highest BCUT2D eigenvalue weighted by molar-refractivity contribution is 7.80. The van der Waals surface area contributed by atoms with Crippen molar-refractivity contribution >= 4 is 28.8 Å². The summed E-state index contributed by atoms with van der Waals surface area (Å²) >= 11 is 4.80. The van der Waals surface area contributed by atoms with Crippen molar-refractivity contribution in [2.45, 2.75) is 0 Å². The maximum absolute atomic E-state index is 12.6. The van der Waals surface area contributed by atoms with E-state index in [0.29, 0.717) is 41.5 Å². The van der Waals surface area contributed by atoms with Crippen LogP contribution in [-0.2, 0) is 0 Å². The summed E-state index contributed by atoms with van der Waals surface area (Å²) in [5.41, 5.74) is 7.20. The summed E-state index contributed by atoms with van der Waals surface area (Å²) in [7, 11) is 0. The Bertz CT molecular complexity index is 746. The number of ether oxygens (including phenoxy) is 2. The van der Waals surface area contributed by atoms with Crippen LogP contribution in [0.5, 0.6) is 11.5 Å². The Morgan fingerprint density at radius 3 is 2.55 bits per heavy atom. The number of hydrogen-bond acceptors (Lipinski definition) is 4. The molecule has 1 heterocycles. The molecule has 0 spiro atoms. The number of rotatable bonds is 3. The summed E-state index contributed by atoms with van der Waals surface area (Å²) < 4.78 is 11.0. The molecule has 1 aliphatic heterocycles. The average molecular weight is 314 g/mol. The Morgan fingerprint density at radius 1 is 1.05 bits per heavy atom. The number of carbonyl (C=O) groups is 1. The minimum Gasteiger partial charge on any atom is -0.486 e. The van der Waals surface area contributed by atoms with Crippen LogP contribution in [-0.4, -0.2) is 24.1 Å². The molecule has 0 saturated carbocycles. The van der Waals surface area contributed by atoms with E-state index in [-0.39, 0.29) is 10.9 Å². The van der Waals surface area contributed by atoms with Gasteiger partial charge in [0.15, 0.2) is 22.4 Å². The summed E-state index contributed by atoms with van der Waals surface area (Å²) in [6.07, 6.45) is 0. The maximum Gasteiger partial charge on any atom is 0.193 e. The van der Waals surface area contributed by atoms with Crippen LogP contribution in [0.2, 0.25) is 0 Å². The van der Waals surface area contributed by atoms with E-state index in [1.807, 2.05) is 0 Å². The van der Waals surface area contributed by atoms with Gasteiger partial charge in [-0.15, -0.1) is 0 Å². The van der Waals surface area contributed by atoms with Crippen LogP contribution in [0.4, 0.5) is 5.69 Å². The summed E-state index contributed by atoms with van der Waals surface area (Å²) in [5.74, 6) is 1.14. The topological polar surface area (TPSA) is 73.6 Å². The van der Waals surface area contributed by atoms with Crippen LogP contribution in [0.25, 0.3) is 0 Å². The van der Waals surface area contributed by atoms with Gasteiger partial charge in [0.1, 0.15) is 13.2 Å². The minimum absolute atomic E-state index is 0.108. The highest BCUT2D eigenvalue weighted by atomic mass is 32.1. The molecule has 6 heteroatoms. The number of fused-ring (bicyclic) bond motifs is 1. The molecule has 0 atom stereocenters. The Kier molecular flexibility index (Phi) is 3.93. The van der Waals surface area contributed by atoms with Crippen molar-refractivity contribution in [2.75, 3.05) is 18.5 Å². The van der Waals surface area contributed by atoms with Crippen LogP contribution in [0.15, 0.2) is 42.5 Å². The van der Waals surface area contributed by atoms with E-state index in [9.17, 15) is 4.79 Å². The van der Waals surface area contributed by atoms with E-state index in [2.05, 4.69) is 5.32 Å². The molecule has 0 radical (unpaired) electrons. The second-order valence-corrected chi connectivity index (χ2v) is 5.20. The van der Waals surface area contributed by atoms with Gasteiger partial charge in [0.05, 0.1) is 0 Å². The number of ketones is 1. The first-order chi connectivity index (χ1) is 10.6. The van der Waals surface area contributed by atoms with Crippen molar-refractivity contribution in [1.29, 1.82) is 0 Å². The maximum atomic E-state index is 12.6. The molecular formula is C16H14N2O3S. The quantitative estimate of drug-likeness (QED) is 0.669. The van der Waals surface area contributed by atoms with Gasteiger partial charge in [-0.2, -0.15) is 0 Å². The summed E-state index contributed by atoms with van der Waals surface area (Å²) in [6.45, 7) is 1.00. The van der Waals surface area contributed by atoms with Gasteiger partial charge in [0.2, 0.25) is 0 Å². The molecule has 0 aromatic heterocycles. The van der Waals surface area contributed by atoms with Gasteiger partial charge < -0.3 is 20.5 Å². The molecule has 0 bridgehead atoms. The third-order valence-electron chi connectivity index (χ3n) is 3.20. The van der Waals surface area contributed by atoms with Crippen LogP contribution in [0.1, 0.15) is 15.9 Å². The van der Waals surface area contributed by atoms with Gasteiger partial charge in [0.25, 0.3) is 0 Å². The molecule has 0 aliphatic carbocycles. The summed E-state index contributed by atoms with van der Waals surface area (Å²) in [5, 5.41) is 2.97. The van der Waals surface area contributed by atoms with E-state index < -0.39 is 0 Å². The van der Waals surface area contributed by atoms with E-state index in [1.54, 1.807) is 42.5 Å². The fourth-order valence-corrected chi connectivity index (χ4v) is 2.35. The van der Waals surface area contributed by atoms with Crippen LogP contribution in [0, 0.1) is 0 Å². The molecule has 2 aromatic rings. The van der Waals surface area contributed by atoms with Crippen LogP contribution in [0.3, 0.4) is 0 Å². The summed E-state index contributed by atoms with van der Waals surface area (Å²) in [6, 6.07) is 12.2. The Labute approximate surface area is 133 Å². The Balaban J connectivity index is 1.89. The molecule has 3 N–H and O–H groups in total. The molecule has 0 amide bonds. The highest BCUT2D eigenvalue weighted by Crippen LogP contribution is 2.31. The first-order valence-electron chi connectivity index (χ1n) is 6.74. The Hall–Kier alpha value is -2.60. The van der Waals surface area contributed by atoms with Gasteiger partial charge >= 0.3 is 0 Å². The molecule has 0 unspecified atom stereocenters. The first-order valence-corrected chi connectivity index (χ1v) is 7.15. The lowest BCUT2D eigenvalue weighted by Gasteiger charge is -2.18. The van der Waals surface area contributed by atoms with E-state index >= 15 is 0 Å². The molecule has 3 rings (SSSR count). The van der Waals surface area contributed by atoms with Gasteiger partial charge in [-0.3, -0.25) is 4.79 Å². The fraction of sp³-hybridized carbons (Fsp3) is 0.125. The number of anilines is 1. The molecule has 2 aromatic carbocycles. The van der Waals surface area contributed by atoms with Gasteiger partial charge in [-0.05, 0) is 42.5 Å². The molecule has 22 heavy (non-hydrogen) atoms. The van der Waals surface area contributed by atoms with Crippen molar-refractivity contribution in [2.24, 2.45) is 5.73 Å². The zero-order chi connectivity index (χ0) is 15.5. The Morgan fingerprint density at radius 2 is 1.77 bits per heavy atom. The predicted octanol–water partition coefficient (Wildman–Crippen LogP) is 2.34. The van der Waals surface area contributed by atoms with Crippen molar-refractivity contribution < 1.29 is 14.3 Å². The number of carbonyl (C=O) groups excluding carboxylic acids is 1. The highest BCUT2D eigenvalue weighted by Gasteiger charge is 2.16. The smallest absolute Gasteiger partial charge is 0.193 e. The zero-order valence-corrected chi connectivity index (χ0v) is 12.5. The molecule has 112 valence electrons. The fourth-order valence-electron chi connectivity index (χ4n) is 2.23. The molecule has 0 saturated heterocycles. The van der Waals surface area contributed by atoms with E-state index in [1.165, 1.54) is 0 Å². The van der Waals surface area contributed by atoms with Crippen molar-refractivity contribution in [1.82, 2.24) is 0 Å². The SMILES string of the molecule is NC(=S)Nc1cccc(C(=O)c2ccc3c(c2)OCCO3)c1. The zero-order valence-electron chi connectivity index (χ0n) is 11.7. The van der Waals surface area contributed by atoms with Crippen molar-refractivity contribution in [3.63, 3.8) is 0 Å². The lowest BCUT2D eigenvalue weighted by atomic mass is 10.0. The van der Waals surface area contributed by atoms with Crippen molar-refractivity contribution in [3.8, 4) is 11.5 Å². The molecular weight excluding hydrogens is 300 g/mol. The van der Waals surface area contributed by atoms with Gasteiger partial charge in [-0.25, -0.2) is 0 Å². The standard InChI is InChI=1S/C16H14N2O3S/c17-16(22)18-12-3-1-2-10(8-12)15(19)11-4-5-13-14(9-11)21-7-6-20-13/h1-5,8-9H,6-7H2,(H3,17,18,22). The third kappa shape index (κ3) is 3.01. The molecule has 5 nitrogen and oxygen atoms in total. The summed E-state index contributed by atoms with van der Waals surface area (Å²) in [4.78, 5) is 12.6. The first kappa shape index (κ1) is 14.3. The lowest BCUT2D eigenvalue weighted by molar-refractivity contribution is 0.103. The van der Waals surface area contributed by atoms with Crippen molar-refractivity contribution in [3.05, 3.63) is 53.6 Å². The molecule has 1 aliphatic rings. The predicted molar refractivity (Wildman–Crippen MR) is 87.7 cm³/mol. The number of thiocarbonyl (C=S) groups is 1. The number of nitrogens with two attached hydrogens (primary N) is 1.